The molecular weight excluding hydrogens is 238 g/mol. The maximum Gasteiger partial charge on any atom is 0.0615 e. The van der Waals surface area contributed by atoms with Gasteiger partial charge in [-0.15, -0.1) is 0 Å². The van der Waals surface area contributed by atoms with Crippen molar-refractivity contribution in [1.29, 1.82) is 0 Å². The second-order valence-corrected chi connectivity index (χ2v) is 7.28. The van der Waals surface area contributed by atoms with Gasteiger partial charge in [-0.05, 0) is 53.4 Å². The van der Waals surface area contributed by atoms with Crippen LogP contribution in [0.3, 0.4) is 0 Å². The molecule has 0 aliphatic carbocycles. The van der Waals surface area contributed by atoms with Crippen molar-refractivity contribution in [2.45, 2.75) is 103 Å². The molecule has 1 atom stereocenters. The summed E-state index contributed by atoms with van der Waals surface area (Å²) in [5.74, 6) is 0. The third kappa shape index (κ3) is 4.44. The van der Waals surface area contributed by atoms with E-state index >= 15 is 0 Å². The van der Waals surface area contributed by atoms with Gasteiger partial charge in [0.25, 0.3) is 0 Å². The highest BCUT2D eigenvalue weighted by Gasteiger charge is 2.45. The fourth-order valence-electron chi connectivity index (χ4n) is 3.35. The van der Waals surface area contributed by atoms with E-state index in [0.717, 1.165) is 25.7 Å². The summed E-state index contributed by atoms with van der Waals surface area (Å²) in [7, 11) is 0. The number of unbranched alkanes of at least 4 members (excludes halogenated alkanes) is 1. The van der Waals surface area contributed by atoms with Crippen molar-refractivity contribution in [3.8, 4) is 0 Å². The molecule has 0 spiro atoms. The Kier molecular flexibility index (Phi) is 5.84. The van der Waals surface area contributed by atoms with Gasteiger partial charge < -0.3 is 9.94 Å². The topological polar surface area (TPSA) is 32.7 Å². The minimum Gasteiger partial charge on any atom is -0.375 e. The molecule has 1 aliphatic heterocycles. The smallest absolute Gasteiger partial charge is 0.0615 e. The van der Waals surface area contributed by atoms with E-state index < -0.39 is 0 Å². The van der Waals surface area contributed by atoms with Gasteiger partial charge in [0.15, 0.2) is 0 Å². The average molecular weight is 271 g/mol. The Morgan fingerprint density at radius 3 is 2.11 bits per heavy atom. The van der Waals surface area contributed by atoms with Gasteiger partial charge in [-0.3, -0.25) is 0 Å². The van der Waals surface area contributed by atoms with Gasteiger partial charge in [0.05, 0.1) is 12.2 Å². The maximum absolute atomic E-state index is 10.3. The van der Waals surface area contributed by atoms with E-state index in [2.05, 4.69) is 41.5 Å². The molecule has 19 heavy (non-hydrogen) atoms. The average Bonchev–Trinajstić information content (AvgIpc) is 2.30. The highest BCUT2D eigenvalue weighted by molar-refractivity contribution is 4.96. The summed E-state index contributed by atoms with van der Waals surface area (Å²) in [6.45, 7) is 12.8. The fraction of sp³-hybridized carbons (Fsp3) is 1.00. The molecule has 0 aromatic rings. The summed E-state index contributed by atoms with van der Waals surface area (Å²) in [6, 6.07) is 0. The Bertz CT molecular complexity index is 258. The van der Waals surface area contributed by atoms with Gasteiger partial charge in [0, 0.05) is 11.1 Å². The van der Waals surface area contributed by atoms with E-state index in [1.165, 1.54) is 17.9 Å². The van der Waals surface area contributed by atoms with Crippen molar-refractivity contribution in [3.05, 3.63) is 0 Å². The second kappa shape index (κ2) is 6.55. The summed E-state index contributed by atoms with van der Waals surface area (Å²) >= 11 is 0. The number of hydrogen-bond acceptors (Lipinski definition) is 3. The van der Waals surface area contributed by atoms with Crippen LogP contribution in [0.4, 0.5) is 0 Å². The van der Waals surface area contributed by atoms with Crippen LogP contribution in [-0.4, -0.2) is 33.6 Å². The summed E-state index contributed by atoms with van der Waals surface area (Å²) in [5.41, 5.74) is -0.426. The first-order chi connectivity index (χ1) is 8.73. The molecule has 1 heterocycles. The van der Waals surface area contributed by atoms with Crippen molar-refractivity contribution in [2.75, 3.05) is 0 Å². The number of ether oxygens (including phenoxy) is 1. The van der Waals surface area contributed by atoms with Crippen LogP contribution < -0.4 is 0 Å². The predicted molar refractivity (Wildman–Crippen MR) is 79.5 cm³/mol. The van der Waals surface area contributed by atoms with Crippen LogP contribution >= 0.6 is 0 Å². The van der Waals surface area contributed by atoms with Crippen molar-refractivity contribution in [1.82, 2.24) is 5.06 Å². The molecule has 1 unspecified atom stereocenters. The zero-order valence-electron chi connectivity index (χ0n) is 13.7. The van der Waals surface area contributed by atoms with Gasteiger partial charge in [-0.2, -0.15) is 5.06 Å². The molecule has 0 saturated carbocycles. The number of hydrogen-bond donors (Lipinski definition) is 1. The van der Waals surface area contributed by atoms with Gasteiger partial charge in [0.2, 0.25) is 0 Å². The van der Waals surface area contributed by atoms with Crippen LogP contribution in [0.25, 0.3) is 0 Å². The third-order valence-corrected chi connectivity index (χ3v) is 4.32. The van der Waals surface area contributed by atoms with Gasteiger partial charge in [-0.1, -0.05) is 26.7 Å². The zero-order chi connectivity index (χ0) is 14.7. The van der Waals surface area contributed by atoms with Crippen molar-refractivity contribution in [3.63, 3.8) is 0 Å². The highest BCUT2D eigenvalue weighted by Crippen LogP contribution is 2.38. The highest BCUT2D eigenvalue weighted by atomic mass is 16.5. The largest absolute Gasteiger partial charge is 0.375 e. The van der Waals surface area contributed by atoms with Crippen LogP contribution in [0.2, 0.25) is 0 Å². The minimum absolute atomic E-state index is 0.213. The lowest BCUT2D eigenvalue weighted by Gasteiger charge is -2.51. The van der Waals surface area contributed by atoms with Gasteiger partial charge in [-0.25, -0.2) is 0 Å². The number of nitrogens with zero attached hydrogens (tertiary/aromatic N) is 1. The third-order valence-electron chi connectivity index (χ3n) is 4.32. The van der Waals surface area contributed by atoms with Crippen molar-refractivity contribution < 1.29 is 9.94 Å². The minimum atomic E-state index is -0.213. The summed E-state index contributed by atoms with van der Waals surface area (Å²) in [6.07, 6.45) is 7.14. The lowest BCUT2D eigenvalue weighted by Crippen LogP contribution is -2.60. The summed E-state index contributed by atoms with van der Waals surface area (Å²) in [5, 5.41) is 11.8. The molecule has 1 N–H and O–H groups in total. The molecular formula is C16H33NO2. The summed E-state index contributed by atoms with van der Waals surface area (Å²) < 4.78 is 6.32. The molecule has 114 valence electrons. The maximum atomic E-state index is 10.3. The van der Waals surface area contributed by atoms with Crippen LogP contribution in [0.5, 0.6) is 0 Å². The molecule has 1 saturated heterocycles. The molecule has 0 radical (unpaired) electrons. The first kappa shape index (κ1) is 16.9. The molecule has 1 fully saturated rings. The predicted octanol–water partition coefficient (Wildman–Crippen LogP) is 4.38. The lowest BCUT2D eigenvalue weighted by atomic mass is 9.80. The molecule has 0 bridgehead atoms. The van der Waals surface area contributed by atoms with E-state index in [0.29, 0.717) is 6.10 Å². The van der Waals surface area contributed by atoms with E-state index in [1.807, 2.05) is 0 Å². The van der Waals surface area contributed by atoms with Crippen molar-refractivity contribution >= 4 is 0 Å². The van der Waals surface area contributed by atoms with Crippen LogP contribution in [0.1, 0.15) is 80.1 Å². The summed E-state index contributed by atoms with van der Waals surface area (Å²) in [4.78, 5) is 0. The van der Waals surface area contributed by atoms with Crippen molar-refractivity contribution in [2.24, 2.45) is 0 Å². The van der Waals surface area contributed by atoms with E-state index in [1.54, 1.807) is 0 Å². The normalized spacial score (nSPS) is 25.4. The molecule has 0 amide bonds. The Morgan fingerprint density at radius 2 is 1.68 bits per heavy atom. The molecule has 0 aromatic heterocycles. The van der Waals surface area contributed by atoms with E-state index in [-0.39, 0.29) is 17.2 Å². The monoisotopic (exact) mass is 271 g/mol. The second-order valence-electron chi connectivity index (χ2n) is 7.28. The van der Waals surface area contributed by atoms with E-state index in [4.69, 9.17) is 4.74 Å². The van der Waals surface area contributed by atoms with Crippen LogP contribution in [-0.2, 0) is 4.74 Å². The quantitative estimate of drug-likeness (QED) is 0.778. The Morgan fingerprint density at radius 1 is 1.16 bits per heavy atom. The molecule has 1 rings (SSSR count). The Hall–Kier alpha value is -0.120. The molecule has 1 aliphatic rings. The first-order valence-corrected chi connectivity index (χ1v) is 7.87. The van der Waals surface area contributed by atoms with Crippen LogP contribution in [0, 0.1) is 0 Å². The Labute approximate surface area is 119 Å². The number of rotatable bonds is 6. The van der Waals surface area contributed by atoms with E-state index in [9.17, 15) is 5.21 Å². The SMILES string of the molecule is CCCCC(CC)OC1CC(C)(C)N(O)C(C)(C)C1. The standard InChI is InChI=1S/C16H33NO2/c1-7-9-10-13(8-2)19-14-11-15(3,4)17(18)16(5,6)12-14/h13-14,18H,7-12H2,1-6H3. The lowest BCUT2D eigenvalue weighted by molar-refractivity contribution is -0.264. The Balaban J connectivity index is 2.63. The number of piperidine rings is 1. The van der Waals surface area contributed by atoms with Crippen LogP contribution in [0.15, 0.2) is 0 Å². The van der Waals surface area contributed by atoms with Gasteiger partial charge in [0.1, 0.15) is 0 Å². The first-order valence-electron chi connectivity index (χ1n) is 7.87. The molecule has 3 nitrogen and oxygen atoms in total. The molecule has 0 aromatic carbocycles. The zero-order valence-corrected chi connectivity index (χ0v) is 13.7. The number of hydroxylamine groups is 2. The molecule has 3 heteroatoms. The van der Waals surface area contributed by atoms with Gasteiger partial charge >= 0.3 is 0 Å². The fourth-order valence-corrected chi connectivity index (χ4v) is 3.35.